The lowest BCUT2D eigenvalue weighted by atomic mass is 9.86. The first-order valence-corrected chi connectivity index (χ1v) is 20.0. The van der Waals surface area contributed by atoms with E-state index in [0.29, 0.717) is 58.0 Å². The summed E-state index contributed by atoms with van der Waals surface area (Å²) in [6.07, 6.45) is 3.94. The lowest BCUT2D eigenvalue weighted by Crippen LogP contribution is -2.35. The molecule has 62 heavy (non-hydrogen) atoms. The van der Waals surface area contributed by atoms with E-state index < -0.39 is 23.9 Å². The zero-order chi connectivity index (χ0) is 45.3. The van der Waals surface area contributed by atoms with Crippen molar-refractivity contribution in [1.29, 1.82) is 5.41 Å². The minimum atomic E-state index is -3.07. The van der Waals surface area contributed by atoms with E-state index in [2.05, 4.69) is 25.2 Å². The highest BCUT2D eigenvalue weighted by Gasteiger charge is 2.32. The highest BCUT2D eigenvalue weighted by Crippen LogP contribution is 2.41. The van der Waals surface area contributed by atoms with Crippen LogP contribution in [0, 0.1) is 18.3 Å². The van der Waals surface area contributed by atoms with Gasteiger partial charge in [-0.1, -0.05) is 24.3 Å². The average molecular weight is 854 g/mol. The van der Waals surface area contributed by atoms with E-state index in [-0.39, 0.29) is 40.1 Å². The second kappa shape index (κ2) is 20.4. The molecule has 6 rings (SSSR count). The maximum Gasteiger partial charge on any atom is 0.420 e. The number of amides is 1. The van der Waals surface area contributed by atoms with E-state index in [4.69, 9.17) is 24.7 Å². The summed E-state index contributed by atoms with van der Waals surface area (Å²) in [4.78, 5) is 53.9. The van der Waals surface area contributed by atoms with Gasteiger partial charge in [0, 0.05) is 67.1 Å². The van der Waals surface area contributed by atoms with Crippen molar-refractivity contribution in [2.24, 2.45) is 5.92 Å². The molecule has 16 heteroatoms. The van der Waals surface area contributed by atoms with Gasteiger partial charge in [-0.3, -0.25) is 14.7 Å². The van der Waals surface area contributed by atoms with Gasteiger partial charge in [-0.15, -0.1) is 0 Å². The molecule has 14 nitrogen and oxygen atoms in total. The number of carbonyl (C=O) groups is 3. The van der Waals surface area contributed by atoms with Gasteiger partial charge < -0.3 is 34.8 Å². The van der Waals surface area contributed by atoms with Crippen LogP contribution in [-0.2, 0) is 16.1 Å². The second-order valence-electron chi connectivity index (χ2n) is 15.8. The Bertz CT molecular complexity index is 2390. The summed E-state index contributed by atoms with van der Waals surface area (Å²) >= 11 is 0. The summed E-state index contributed by atoms with van der Waals surface area (Å²) in [7, 11) is 5.88. The van der Waals surface area contributed by atoms with Gasteiger partial charge in [0.25, 0.3) is 6.43 Å². The number of fused-ring (bicyclic) bond motifs is 1. The van der Waals surface area contributed by atoms with E-state index in [1.165, 1.54) is 20.4 Å². The lowest BCUT2D eigenvalue weighted by Gasteiger charge is -2.33. The molecule has 1 saturated carbocycles. The first kappa shape index (κ1) is 46.7. The number of nitrogens with one attached hydrogen (secondary N) is 2. The minimum absolute atomic E-state index is 0.0757. The molecule has 0 radical (unpaired) electrons. The Morgan fingerprint density at radius 1 is 0.968 bits per heavy atom. The van der Waals surface area contributed by atoms with Crippen LogP contribution in [0.3, 0.4) is 0 Å². The number of benzene rings is 3. The Morgan fingerprint density at radius 3 is 2.19 bits per heavy atom. The van der Waals surface area contributed by atoms with Gasteiger partial charge >= 0.3 is 6.09 Å². The smallest absolute Gasteiger partial charge is 0.420 e. The Labute approximate surface area is 359 Å². The number of carbonyl (C=O) groups excluding carboxylic acids is 3. The van der Waals surface area contributed by atoms with Crippen LogP contribution in [-0.4, -0.2) is 89.9 Å². The number of nitrogens with zero attached hydrogens (tertiary/aromatic N) is 5. The molecule has 0 spiro atoms. The second-order valence-corrected chi connectivity index (χ2v) is 15.8. The molecule has 5 aromatic rings. The normalized spacial score (nSPS) is 15.0. The highest BCUT2D eigenvalue weighted by atomic mass is 19.3. The van der Waals surface area contributed by atoms with Gasteiger partial charge in [0.05, 0.1) is 31.0 Å². The van der Waals surface area contributed by atoms with Gasteiger partial charge in [-0.05, 0) is 101 Å². The molecule has 0 aliphatic heterocycles. The predicted molar refractivity (Wildman–Crippen MR) is 235 cm³/mol. The number of methoxy groups -OCH3 is 2. The third-order valence-corrected chi connectivity index (χ3v) is 10.6. The van der Waals surface area contributed by atoms with E-state index in [9.17, 15) is 23.2 Å². The van der Waals surface area contributed by atoms with Crippen LogP contribution in [0.15, 0.2) is 60.8 Å². The van der Waals surface area contributed by atoms with Crippen LogP contribution in [0.4, 0.5) is 36.5 Å². The molecule has 1 amide bonds. The number of hydrogen-bond acceptors (Lipinski definition) is 13. The molecular weight excluding hydrogens is 801 g/mol. The number of aldehydes is 2. The molecule has 1 fully saturated rings. The fourth-order valence-corrected chi connectivity index (χ4v) is 7.61. The Kier molecular flexibility index (Phi) is 15.4. The van der Waals surface area contributed by atoms with Crippen molar-refractivity contribution in [3.8, 4) is 22.6 Å². The Hall–Kier alpha value is -6.39. The summed E-state index contributed by atoms with van der Waals surface area (Å²) in [5.74, 6) is -0.291. The van der Waals surface area contributed by atoms with E-state index in [1.807, 2.05) is 19.2 Å². The highest BCUT2D eigenvalue weighted by molar-refractivity contribution is 6.04. The first-order chi connectivity index (χ1) is 29.7. The number of hydrogen-bond donors (Lipinski definition) is 3. The van der Waals surface area contributed by atoms with E-state index in [1.54, 1.807) is 76.4 Å². The number of aliphatic hydroxyl groups is 1. The van der Waals surface area contributed by atoms with Crippen molar-refractivity contribution < 1.29 is 42.5 Å². The van der Waals surface area contributed by atoms with Crippen molar-refractivity contribution in [3.63, 3.8) is 0 Å². The van der Waals surface area contributed by atoms with Crippen molar-refractivity contribution in [3.05, 3.63) is 88.9 Å². The molecule has 0 unspecified atom stereocenters. The van der Waals surface area contributed by atoms with Gasteiger partial charge in [0.15, 0.2) is 17.9 Å². The van der Waals surface area contributed by atoms with Crippen LogP contribution in [0.1, 0.15) is 85.8 Å². The molecule has 0 atom stereocenters. The first-order valence-electron chi connectivity index (χ1n) is 20.0. The number of alkyl halides is 2. The number of rotatable bonds is 14. The average Bonchev–Trinajstić information content (AvgIpc) is 3.26. The van der Waals surface area contributed by atoms with Crippen LogP contribution >= 0.6 is 0 Å². The van der Waals surface area contributed by atoms with Crippen molar-refractivity contribution in [1.82, 2.24) is 19.9 Å². The Balaban J connectivity index is 0.00000358. The maximum absolute atomic E-state index is 14.6. The third-order valence-electron chi connectivity index (χ3n) is 10.6. The fourth-order valence-electron chi connectivity index (χ4n) is 7.61. The van der Waals surface area contributed by atoms with Crippen LogP contribution in [0.25, 0.3) is 22.2 Å². The zero-order valence-electron chi connectivity index (χ0n) is 36.2. The van der Waals surface area contributed by atoms with Crippen LogP contribution in [0.5, 0.6) is 11.5 Å². The fraction of sp³-hybridized carbons (Fsp3) is 0.370. The maximum atomic E-state index is 14.6. The van der Waals surface area contributed by atoms with Crippen molar-refractivity contribution in [2.45, 2.75) is 78.0 Å². The summed E-state index contributed by atoms with van der Waals surface area (Å²) in [6.45, 7) is 7.36. The standard InChI is InChI=1S/C45H49F2N7O6.CH4O/c1-26-31(32-11-8-12-35(33(32)21-48)50-29-19-38(58-6)34(25-56)39(20-29)59-7)10-9-13-37(26)54(44(57)60-45(2,3)4)43-40-36(51-42(52-43)41(46)47)18-28(22-49-40)23-53(5)30-16-14-27(24-55)15-17-30;1-2/h8-13,18-22,24-25,27,30,41,48,50H,14-17,23H2,1-7H3;2H,1H3. The van der Waals surface area contributed by atoms with Gasteiger partial charge in [-0.2, -0.15) is 0 Å². The minimum Gasteiger partial charge on any atom is -0.496 e. The number of ether oxygens (including phenoxy) is 3. The zero-order valence-corrected chi connectivity index (χ0v) is 36.2. The van der Waals surface area contributed by atoms with Gasteiger partial charge in [0.2, 0.25) is 0 Å². The van der Waals surface area contributed by atoms with Crippen LogP contribution < -0.4 is 19.7 Å². The van der Waals surface area contributed by atoms with Crippen LogP contribution in [0.2, 0.25) is 0 Å². The molecule has 1 aliphatic carbocycles. The number of aromatic nitrogens is 3. The van der Waals surface area contributed by atoms with E-state index >= 15 is 0 Å². The number of pyridine rings is 1. The van der Waals surface area contributed by atoms with Crippen molar-refractivity contribution >= 4 is 58.8 Å². The summed E-state index contributed by atoms with van der Waals surface area (Å²) in [5, 5.41) is 18.8. The third kappa shape index (κ3) is 10.4. The monoisotopic (exact) mass is 853 g/mol. The van der Waals surface area contributed by atoms with E-state index in [0.717, 1.165) is 49.5 Å². The Morgan fingerprint density at radius 2 is 1.61 bits per heavy atom. The summed E-state index contributed by atoms with van der Waals surface area (Å²) in [5.41, 5.74) is 3.90. The lowest BCUT2D eigenvalue weighted by molar-refractivity contribution is -0.112. The largest absolute Gasteiger partial charge is 0.496 e. The molecule has 3 N–H and O–H groups in total. The van der Waals surface area contributed by atoms with Gasteiger partial charge in [-0.25, -0.2) is 28.4 Å². The molecule has 0 saturated heterocycles. The van der Waals surface area contributed by atoms with Crippen molar-refractivity contribution in [2.75, 3.05) is 38.6 Å². The quantitative estimate of drug-likeness (QED) is 0.0713. The molecular formula is C46H53F2N7O7. The molecule has 328 valence electrons. The molecule has 1 aliphatic rings. The predicted octanol–water partition coefficient (Wildman–Crippen LogP) is 9.38. The number of anilines is 4. The number of halogens is 2. The summed E-state index contributed by atoms with van der Waals surface area (Å²) in [6, 6.07) is 15.9. The summed E-state index contributed by atoms with van der Waals surface area (Å²) < 4.78 is 46.0. The number of aliphatic hydroxyl groups excluding tert-OH is 1. The molecule has 3 aromatic carbocycles. The molecule has 0 bridgehead atoms. The topological polar surface area (TPSA) is 180 Å². The SMILES string of the molecule is CO.COc1cc(Nc2cccc(-c3cccc(N(C(=O)OC(C)(C)C)c4nc(C(F)F)nc5cc(CN(C)C6CCC(C=O)CC6)cnc45)c3C)c2C=N)cc(OC)c1C=O. The molecule has 2 aromatic heterocycles. The molecule has 2 heterocycles. The van der Waals surface area contributed by atoms with Gasteiger partial charge in [0.1, 0.15) is 28.9 Å².